The maximum atomic E-state index is 13.0. The van der Waals surface area contributed by atoms with Crippen molar-refractivity contribution >= 4 is 97.3 Å². The lowest BCUT2D eigenvalue weighted by molar-refractivity contribution is 0.589. The zero-order valence-electron chi connectivity index (χ0n) is 29.6. The van der Waals surface area contributed by atoms with Gasteiger partial charge in [-0.25, -0.2) is 40.7 Å². The van der Waals surface area contributed by atoms with Crippen LogP contribution in [0.3, 0.4) is 0 Å². The van der Waals surface area contributed by atoms with Crippen molar-refractivity contribution in [3.05, 3.63) is 127 Å². The highest BCUT2D eigenvalue weighted by molar-refractivity contribution is 7.90. The molecule has 0 bridgehead atoms. The second-order valence-corrected chi connectivity index (χ2v) is 17.6. The first-order valence-corrected chi connectivity index (χ1v) is 21.8. The lowest BCUT2D eigenvalue weighted by atomic mass is 10.1. The van der Waals surface area contributed by atoms with Crippen LogP contribution in [0.2, 0.25) is 0 Å². The van der Waals surface area contributed by atoms with Gasteiger partial charge >= 0.3 is 0 Å². The minimum atomic E-state index is -4.49. The van der Waals surface area contributed by atoms with E-state index in [4.69, 9.17) is 15.4 Å². The van der Waals surface area contributed by atoms with E-state index >= 15 is 0 Å². The number of nitrogens with two attached hydrogens (primary N) is 3. The molecule has 0 fully saturated rings. The van der Waals surface area contributed by atoms with E-state index in [1.165, 1.54) is 0 Å². The van der Waals surface area contributed by atoms with Crippen LogP contribution in [0.25, 0.3) is 32.3 Å². The zero-order chi connectivity index (χ0) is 40.4. The fraction of sp³-hybridized carbons (Fsp3) is 0.0833. The van der Waals surface area contributed by atoms with Gasteiger partial charge in [0.2, 0.25) is 64.4 Å². The molecule has 3 atom stereocenters. The van der Waals surface area contributed by atoms with Gasteiger partial charge in [-0.15, -0.1) is 0 Å². The van der Waals surface area contributed by atoms with Gasteiger partial charge in [0.1, 0.15) is 0 Å². The molecule has 0 aliphatic heterocycles. The van der Waals surface area contributed by atoms with Crippen LogP contribution < -0.4 is 47.3 Å². The van der Waals surface area contributed by atoms with Crippen molar-refractivity contribution in [2.45, 2.75) is 16.5 Å². The van der Waals surface area contributed by atoms with Crippen molar-refractivity contribution in [3.8, 4) is 0 Å². The number of fused-ring (bicyclic) bond motifs is 3. The van der Waals surface area contributed by atoms with Crippen molar-refractivity contribution in [2.75, 3.05) is 31.9 Å². The number of anilines is 6. The highest BCUT2D eigenvalue weighted by Crippen LogP contribution is 2.28. The van der Waals surface area contributed by atoms with Crippen molar-refractivity contribution in [3.63, 3.8) is 0 Å². The van der Waals surface area contributed by atoms with Gasteiger partial charge < -0.3 is 31.9 Å². The van der Waals surface area contributed by atoms with Crippen LogP contribution in [-0.4, -0.2) is 56.7 Å². The standard InChI is InChI=1S/C36H36N12O6S3/c37-55(49,50)34(40-28-19-7-13-22-10-1-4-16-25(22)28)46-31-43-32(47-35(56(38,51)52)41-29-20-8-14-23-11-2-5-17-26(23)29)45-33(44-31)48-36(57(39,53)54)42-30-21-9-15-24-12-3-6-18-27(24)30/h1-21,34-36,40-42H,(H2,37,49,50)(H2,38,51,52)(H2,39,53,54)(H3,43,44,45,46,47,48). The number of primary sulfonamides is 3. The third-order valence-corrected chi connectivity index (χ3v) is 11.3. The van der Waals surface area contributed by atoms with E-state index in [1.54, 1.807) is 72.8 Å². The molecule has 1 heterocycles. The largest absolute Gasteiger partial charge is 0.351 e. The normalized spacial score (nSPS) is 13.7. The Morgan fingerprint density at radius 2 is 0.596 bits per heavy atom. The Kier molecular flexibility index (Phi) is 10.7. The van der Waals surface area contributed by atoms with Gasteiger partial charge in [-0.3, -0.25) is 0 Å². The molecular weight excluding hydrogens is 793 g/mol. The van der Waals surface area contributed by atoms with Crippen LogP contribution in [0.1, 0.15) is 0 Å². The van der Waals surface area contributed by atoms with Gasteiger partial charge in [-0.05, 0) is 34.4 Å². The molecule has 0 aliphatic carbocycles. The number of nitrogens with one attached hydrogen (secondary N) is 6. The summed E-state index contributed by atoms with van der Waals surface area (Å²) in [5.74, 6) is -1.46. The summed E-state index contributed by atoms with van der Waals surface area (Å²) in [4.78, 5) is 12.7. The van der Waals surface area contributed by atoms with E-state index in [9.17, 15) is 25.3 Å². The molecule has 294 valence electrons. The third kappa shape index (κ3) is 9.20. The molecule has 18 nitrogen and oxygen atoms in total. The average molecular weight is 829 g/mol. The molecule has 0 spiro atoms. The number of rotatable bonds is 15. The van der Waals surface area contributed by atoms with Gasteiger partial charge in [0, 0.05) is 33.2 Å². The highest BCUT2D eigenvalue weighted by atomic mass is 32.2. The summed E-state index contributed by atoms with van der Waals surface area (Å²) < 4.78 is 78.1. The lowest BCUT2D eigenvalue weighted by Gasteiger charge is -2.24. The molecule has 7 rings (SSSR count). The first-order chi connectivity index (χ1) is 27.1. The minimum absolute atomic E-state index is 0.382. The molecule has 1 aromatic heterocycles. The summed E-state index contributed by atoms with van der Waals surface area (Å²) in [7, 11) is -13.5. The van der Waals surface area contributed by atoms with Gasteiger partial charge in [0.05, 0.1) is 0 Å². The lowest BCUT2D eigenvalue weighted by Crippen LogP contribution is -2.44. The highest BCUT2D eigenvalue weighted by Gasteiger charge is 2.29. The van der Waals surface area contributed by atoms with Crippen LogP contribution in [0.15, 0.2) is 127 Å². The maximum absolute atomic E-state index is 13.0. The Bertz CT molecular complexity index is 2610. The summed E-state index contributed by atoms with van der Waals surface area (Å²) in [5, 5.41) is 37.8. The summed E-state index contributed by atoms with van der Waals surface area (Å²) >= 11 is 0. The quantitative estimate of drug-likeness (QED) is 0.0667. The van der Waals surface area contributed by atoms with E-state index in [-0.39, 0.29) is 0 Å². The number of aromatic nitrogens is 3. The topological polar surface area (TPSA) is 291 Å². The summed E-state index contributed by atoms with van der Waals surface area (Å²) in [6, 6.07) is 37.2. The van der Waals surface area contributed by atoms with Crippen LogP contribution in [0, 0.1) is 0 Å². The molecular formula is C36H36N12O6S3. The molecule has 0 saturated heterocycles. The van der Waals surface area contributed by atoms with Crippen molar-refractivity contribution in [1.29, 1.82) is 0 Å². The molecule has 0 saturated carbocycles. The Labute approximate surface area is 327 Å². The third-order valence-electron chi connectivity index (χ3n) is 8.63. The Balaban J connectivity index is 1.28. The molecule has 6 aromatic carbocycles. The predicted octanol–water partition coefficient (Wildman–Crippen LogP) is 3.62. The van der Waals surface area contributed by atoms with Crippen molar-refractivity contribution in [1.82, 2.24) is 15.0 Å². The van der Waals surface area contributed by atoms with E-state index in [1.807, 2.05) is 54.6 Å². The Hall–Kier alpha value is -6.36. The second kappa shape index (κ2) is 15.6. The van der Waals surface area contributed by atoms with Crippen LogP contribution in [0.4, 0.5) is 34.9 Å². The smallest absolute Gasteiger partial charge is 0.249 e. The molecule has 3 unspecified atom stereocenters. The van der Waals surface area contributed by atoms with Crippen LogP contribution >= 0.6 is 0 Å². The minimum Gasteiger partial charge on any atom is -0.351 e. The van der Waals surface area contributed by atoms with Crippen LogP contribution in [0.5, 0.6) is 0 Å². The number of hydrogen-bond acceptors (Lipinski definition) is 15. The first-order valence-electron chi connectivity index (χ1n) is 17.0. The monoisotopic (exact) mass is 828 g/mol. The van der Waals surface area contributed by atoms with Gasteiger partial charge in [-0.1, -0.05) is 109 Å². The average Bonchev–Trinajstić information content (AvgIpc) is 3.16. The number of benzene rings is 6. The van der Waals surface area contributed by atoms with E-state index in [2.05, 4.69) is 46.9 Å². The molecule has 7 aromatic rings. The fourth-order valence-electron chi connectivity index (χ4n) is 6.00. The van der Waals surface area contributed by atoms with E-state index in [0.29, 0.717) is 33.2 Å². The maximum Gasteiger partial charge on any atom is 0.249 e. The number of sulfonamides is 3. The molecule has 21 heteroatoms. The number of hydrogen-bond donors (Lipinski definition) is 9. The summed E-state index contributed by atoms with van der Waals surface area (Å²) in [5.41, 5.74) is -4.20. The van der Waals surface area contributed by atoms with E-state index < -0.39 is 64.4 Å². The predicted molar refractivity (Wildman–Crippen MR) is 224 cm³/mol. The van der Waals surface area contributed by atoms with Gasteiger partial charge in [0.25, 0.3) is 0 Å². The molecule has 57 heavy (non-hydrogen) atoms. The molecule has 0 aliphatic rings. The van der Waals surface area contributed by atoms with Crippen molar-refractivity contribution in [2.24, 2.45) is 15.4 Å². The molecule has 0 radical (unpaired) electrons. The van der Waals surface area contributed by atoms with Crippen LogP contribution in [-0.2, 0) is 30.1 Å². The molecule has 0 amide bonds. The summed E-state index contributed by atoms with van der Waals surface area (Å²) in [6.07, 6.45) is 0. The fourth-order valence-corrected chi connectivity index (χ4v) is 7.68. The zero-order valence-corrected chi connectivity index (χ0v) is 32.1. The van der Waals surface area contributed by atoms with Gasteiger partial charge in [0.15, 0.2) is 0 Å². The van der Waals surface area contributed by atoms with E-state index in [0.717, 1.165) is 16.2 Å². The van der Waals surface area contributed by atoms with Crippen molar-refractivity contribution < 1.29 is 25.3 Å². The number of nitrogens with zero attached hydrogens (tertiary/aromatic N) is 3. The Morgan fingerprint density at radius 1 is 0.351 bits per heavy atom. The second-order valence-electron chi connectivity index (χ2n) is 12.7. The first kappa shape index (κ1) is 38.9. The Morgan fingerprint density at radius 3 is 0.860 bits per heavy atom. The SMILES string of the molecule is NS(=O)(=O)C(Nc1nc(NC(Nc2cccc3ccccc23)S(N)(=O)=O)nc(NC(Nc2cccc3ccccc23)S(N)(=O)=O)n1)Nc1cccc2ccccc12. The molecule has 12 N–H and O–H groups in total. The van der Waals surface area contributed by atoms with Gasteiger partial charge in [-0.2, -0.15) is 15.0 Å². The summed E-state index contributed by atoms with van der Waals surface area (Å²) in [6.45, 7) is 0.